The van der Waals surface area contributed by atoms with E-state index in [4.69, 9.17) is 0 Å². The summed E-state index contributed by atoms with van der Waals surface area (Å²) in [7, 11) is 0. The minimum absolute atomic E-state index is 0.700. The third-order valence-corrected chi connectivity index (χ3v) is 4.06. The van der Waals surface area contributed by atoms with Crippen molar-refractivity contribution < 1.29 is 0 Å². The summed E-state index contributed by atoms with van der Waals surface area (Å²) in [4.78, 5) is 1.39. The van der Waals surface area contributed by atoms with Crippen LogP contribution in [0.1, 0.15) is 40.0 Å². The molecule has 0 spiro atoms. The van der Waals surface area contributed by atoms with Crippen molar-refractivity contribution in [3.05, 3.63) is 30.3 Å². The first-order valence-corrected chi connectivity index (χ1v) is 8.12. The van der Waals surface area contributed by atoms with Gasteiger partial charge in [0.2, 0.25) is 0 Å². The van der Waals surface area contributed by atoms with Gasteiger partial charge in [-0.2, -0.15) is 0 Å². The highest BCUT2D eigenvalue weighted by Crippen LogP contribution is 2.19. The molecule has 1 aromatic rings. The summed E-state index contributed by atoms with van der Waals surface area (Å²) in [5, 5.41) is 3.60. The second-order valence-corrected chi connectivity index (χ2v) is 6.36. The number of hydrogen-bond donors (Lipinski definition) is 1. The van der Waals surface area contributed by atoms with Crippen molar-refractivity contribution in [2.75, 3.05) is 12.3 Å². The second kappa shape index (κ2) is 9.46. The Morgan fingerprint density at radius 1 is 1.17 bits per heavy atom. The lowest BCUT2D eigenvalue weighted by atomic mass is 10.0. The molecule has 1 aromatic carbocycles. The zero-order valence-corrected chi connectivity index (χ0v) is 12.8. The quantitative estimate of drug-likeness (QED) is 0.518. The van der Waals surface area contributed by atoms with E-state index in [1.165, 1.54) is 29.9 Å². The first kappa shape index (κ1) is 15.6. The zero-order chi connectivity index (χ0) is 13.2. The van der Waals surface area contributed by atoms with Gasteiger partial charge in [0, 0.05) is 10.9 Å². The van der Waals surface area contributed by atoms with Crippen molar-refractivity contribution >= 4 is 11.8 Å². The smallest absolute Gasteiger partial charge is 0.00719 e. The van der Waals surface area contributed by atoms with Crippen LogP contribution in [-0.4, -0.2) is 18.3 Å². The van der Waals surface area contributed by atoms with Crippen molar-refractivity contribution in [2.45, 2.75) is 51.0 Å². The lowest BCUT2D eigenvalue weighted by Gasteiger charge is -2.19. The molecular weight excluding hydrogens is 238 g/mol. The Bertz CT molecular complexity index is 297. The van der Waals surface area contributed by atoms with Crippen molar-refractivity contribution in [3.8, 4) is 0 Å². The van der Waals surface area contributed by atoms with E-state index in [-0.39, 0.29) is 0 Å². The number of hydrogen-bond acceptors (Lipinski definition) is 2. The van der Waals surface area contributed by atoms with Crippen LogP contribution in [0.4, 0.5) is 0 Å². The second-order valence-electron chi connectivity index (χ2n) is 5.19. The highest BCUT2D eigenvalue weighted by molar-refractivity contribution is 7.99. The molecule has 0 bridgehead atoms. The summed E-state index contributed by atoms with van der Waals surface area (Å²) in [5.41, 5.74) is 0. The molecule has 0 saturated heterocycles. The number of benzene rings is 1. The molecule has 1 atom stereocenters. The SMILES string of the molecule is CCNC(CCCSc1ccccc1)CC(C)C. The van der Waals surface area contributed by atoms with Gasteiger partial charge in [-0.3, -0.25) is 0 Å². The normalized spacial score (nSPS) is 12.9. The largest absolute Gasteiger partial charge is 0.314 e. The minimum atomic E-state index is 0.700. The Morgan fingerprint density at radius 2 is 1.89 bits per heavy atom. The summed E-state index contributed by atoms with van der Waals surface area (Å²) in [6.07, 6.45) is 3.89. The Labute approximate surface area is 117 Å². The monoisotopic (exact) mass is 265 g/mol. The molecule has 0 aromatic heterocycles. The summed E-state index contributed by atoms with van der Waals surface area (Å²) >= 11 is 1.97. The molecule has 0 fully saturated rings. The molecule has 0 radical (unpaired) electrons. The summed E-state index contributed by atoms with van der Waals surface area (Å²) in [6, 6.07) is 11.4. The molecular formula is C16H27NS. The molecule has 1 unspecified atom stereocenters. The fourth-order valence-electron chi connectivity index (χ4n) is 2.20. The standard InChI is InChI=1S/C16H27NS/c1-4-17-15(13-14(2)3)9-8-12-18-16-10-6-5-7-11-16/h5-7,10-11,14-15,17H,4,8-9,12-13H2,1-3H3. The maximum absolute atomic E-state index is 3.60. The van der Waals surface area contributed by atoms with Gasteiger partial charge in [-0.25, -0.2) is 0 Å². The Balaban J connectivity index is 2.18. The number of nitrogens with one attached hydrogen (secondary N) is 1. The number of thioether (sulfide) groups is 1. The van der Waals surface area contributed by atoms with E-state index in [9.17, 15) is 0 Å². The molecule has 0 saturated carbocycles. The molecule has 0 aliphatic heterocycles. The van der Waals surface area contributed by atoms with E-state index < -0.39 is 0 Å². The van der Waals surface area contributed by atoms with Crippen LogP contribution in [0.2, 0.25) is 0 Å². The highest BCUT2D eigenvalue weighted by Gasteiger charge is 2.08. The van der Waals surface area contributed by atoms with E-state index in [0.29, 0.717) is 6.04 Å². The van der Waals surface area contributed by atoms with E-state index in [2.05, 4.69) is 56.4 Å². The fraction of sp³-hybridized carbons (Fsp3) is 0.625. The predicted octanol–water partition coefficient (Wildman–Crippen LogP) is 4.58. The van der Waals surface area contributed by atoms with E-state index in [1.54, 1.807) is 0 Å². The molecule has 0 aliphatic carbocycles. The minimum Gasteiger partial charge on any atom is -0.314 e. The Kier molecular flexibility index (Phi) is 8.19. The molecule has 2 heteroatoms. The molecule has 0 aliphatic rings. The van der Waals surface area contributed by atoms with E-state index >= 15 is 0 Å². The van der Waals surface area contributed by atoms with Crippen molar-refractivity contribution in [1.82, 2.24) is 5.32 Å². The average Bonchev–Trinajstić information content (AvgIpc) is 2.35. The first-order valence-electron chi connectivity index (χ1n) is 7.13. The summed E-state index contributed by atoms with van der Waals surface area (Å²) in [5.74, 6) is 2.01. The van der Waals surface area contributed by atoms with Crippen LogP contribution < -0.4 is 5.32 Å². The molecule has 0 heterocycles. The lowest BCUT2D eigenvalue weighted by molar-refractivity contribution is 0.403. The van der Waals surface area contributed by atoms with Crippen molar-refractivity contribution in [2.24, 2.45) is 5.92 Å². The molecule has 1 rings (SSSR count). The van der Waals surface area contributed by atoms with Crippen LogP contribution >= 0.6 is 11.8 Å². The van der Waals surface area contributed by atoms with Gasteiger partial charge < -0.3 is 5.32 Å². The first-order chi connectivity index (χ1) is 8.72. The van der Waals surface area contributed by atoms with E-state index in [0.717, 1.165) is 12.5 Å². The molecule has 0 amide bonds. The van der Waals surface area contributed by atoms with Crippen LogP contribution in [0, 0.1) is 5.92 Å². The predicted molar refractivity (Wildman–Crippen MR) is 83.3 cm³/mol. The highest BCUT2D eigenvalue weighted by atomic mass is 32.2. The maximum Gasteiger partial charge on any atom is 0.00719 e. The summed E-state index contributed by atoms with van der Waals surface area (Å²) < 4.78 is 0. The zero-order valence-electron chi connectivity index (χ0n) is 12.0. The van der Waals surface area contributed by atoms with Gasteiger partial charge in [0.05, 0.1) is 0 Å². The number of rotatable bonds is 9. The maximum atomic E-state index is 3.60. The van der Waals surface area contributed by atoms with Gasteiger partial charge in [0.1, 0.15) is 0 Å². The molecule has 1 nitrogen and oxygen atoms in total. The van der Waals surface area contributed by atoms with Crippen molar-refractivity contribution in [3.63, 3.8) is 0 Å². The van der Waals surface area contributed by atoms with Crippen LogP contribution in [0.3, 0.4) is 0 Å². The van der Waals surface area contributed by atoms with Gasteiger partial charge in [-0.15, -0.1) is 11.8 Å². The summed E-state index contributed by atoms with van der Waals surface area (Å²) in [6.45, 7) is 7.90. The van der Waals surface area contributed by atoms with Gasteiger partial charge in [0.25, 0.3) is 0 Å². The van der Waals surface area contributed by atoms with Crippen LogP contribution in [-0.2, 0) is 0 Å². The molecule has 102 valence electrons. The Morgan fingerprint density at radius 3 is 2.50 bits per heavy atom. The lowest BCUT2D eigenvalue weighted by Crippen LogP contribution is -2.30. The topological polar surface area (TPSA) is 12.0 Å². The van der Waals surface area contributed by atoms with E-state index in [1.807, 2.05) is 11.8 Å². The third-order valence-electron chi connectivity index (χ3n) is 2.96. The molecule has 1 N–H and O–H groups in total. The molecule has 18 heavy (non-hydrogen) atoms. The van der Waals surface area contributed by atoms with Gasteiger partial charge in [-0.05, 0) is 49.6 Å². The van der Waals surface area contributed by atoms with Crippen LogP contribution in [0.25, 0.3) is 0 Å². The van der Waals surface area contributed by atoms with Gasteiger partial charge in [0.15, 0.2) is 0 Å². The van der Waals surface area contributed by atoms with Gasteiger partial charge >= 0.3 is 0 Å². The van der Waals surface area contributed by atoms with Gasteiger partial charge in [-0.1, -0.05) is 39.0 Å². The average molecular weight is 265 g/mol. The van der Waals surface area contributed by atoms with Crippen LogP contribution in [0.5, 0.6) is 0 Å². The Hall–Kier alpha value is -0.470. The third kappa shape index (κ3) is 7.07. The van der Waals surface area contributed by atoms with Crippen molar-refractivity contribution in [1.29, 1.82) is 0 Å². The van der Waals surface area contributed by atoms with Crippen LogP contribution in [0.15, 0.2) is 35.2 Å². The fourth-order valence-corrected chi connectivity index (χ4v) is 3.09.